The molecule has 0 bridgehead atoms. The molecule has 1 aromatic carbocycles. The molecular formula is C14H13F3N2O. The number of hydrogen-bond acceptors (Lipinski definition) is 3. The monoisotopic (exact) mass is 282 g/mol. The number of anilines is 1. The molecule has 20 heavy (non-hydrogen) atoms. The van der Waals surface area contributed by atoms with Crippen LogP contribution in [0.25, 0.3) is 0 Å². The fourth-order valence-corrected chi connectivity index (χ4v) is 1.66. The predicted molar refractivity (Wildman–Crippen MR) is 69.6 cm³/mol. The summed E-state index contributed by atoms with van der Waals surface area (Å²) in [7, 11) is 0. The normalized spacial score (nSPS) is 11.2. The number of ether oxygens (including phenoxy) is 1. The van der Waals surface area contributed by atoms with E-state index in [2.05, 4.69) is 15.0 Å². The third-order valence-electron chi connectivity index (χ3n) is 2.52. The van der Waals surface area contributed by atoms with Crippen LogP contribution in [-0.4, -0.2) is 17.9 Å². The van der Waals surface area contributed by atoms with Crippen molar-refractivity contribution >= 4 is 5.69 Å². The first-order chi connectivity index (χ1) is 9.53. The second-order valence-electron chi connectivity index (χ2n) is 4.07. The van der Waals surface area contributed by atoms with E-state index >= 15 is 0 Å². The quantitative estimate of drug-likeness (QED) is 0.909. The van der Waals surface area contributed by atoms with Crippen molar-refractivity contribution < 1.29 is 17.9 Å². The van der Waals surface area contributed by atoms with Crippen molar-refractivity contribution in [2.75, 3.05) is 11.9 Å². The number of halogens is 3. The molecule has 0 fully saturated rings. The Morgan fingerprint density at radius 1 is 1.05 bits per heavy atom. The van der Waals surface area contributed by atoms with Crippen molar-refractivity contribution in [3.05, 3.63) is 54.4 Å². The van der Waals surface area contributed by atoms with E-state index < -0.39 is 6.36 Å². The van der Waals surface area contributed by atoms with Gasteiger partial charge in [0.05, 0.1) is 0 Å². The molecule has 2 rings (SSSR count). The van der Waals surface area contributed by atoms with E-state index in [-0.39, 0.29) is 5.75 Å². The zero-order valence-electron chi connectivity index (χ0n) is 10.5. The van der Waals surface area contributed by atoms with Crippen molar-refractivity contribution in [2.24, 2.45) is 0 Å². The smallest absolute Gasteiger partial charge is 0.406 e. The van der Waals surface area contributed by atoms with Gasteiger partial charge in [0.1, 0.15) is 5.75 Å². The maximum absolute atomic E-state index is 12.0. The number of benzene rings is 1. The van der Waals surface area contributed by atoms with Gasteiger partial charge in [0.25, 0.3) is 0 Å². The largest absolute Gasteiger partial charge is 0.573 e. The standard InChI is InChI=1S/C14H13F3N2O/c15-14(16,17)20-13-6-4-12(5-7-13)19-10-8-11-3-1-2-9-18-11/h1-7,9,19H,8,10H2. The summed E-state index contributed by atoms with van der Waals surface area (Å²) in [4.78, 5) is 4.18. The molecule has 0 saturated carbocycles. The molecule has 0 spiro atoms. The summed E-state index contributed by atoms with van der Waals surface area (Å²) in [6.45, 7) is 0.649. The van der Waals surface area contributed by atoms with Gasteiger partial charge in [0.15, 0.2) is 0 Å². The number of pyridine rings is 1. The molecule has 0 aliphatic heterocycles. The van der Waals surface area contributed by atoms with E-state index in [1.54, 1.807) is 18.3 Å². The maximum Gasteiger partial charge on any atom is 0.573 e. The van der Waals surface area contributed by atoms with Crippen LogP contribution in [0.4, 0.5) is 18.9 Å². The van der Waals surface area contributed by atoms with Crippen LogP contribution in [0.5, 0.6) is 5.75 Å². The van der Waals surface area contributed by atoms with Gasteiger partial charge >= 0.3 is 6.36 Å². The highest BCUT2D eigenvalue weighted by Crippen LogP contribution is 2.23. The summed E-state index contributed by atoms with van der Waals surface area (Å²) in [5, 5.41) is 3.11. The molecule has 1 aromatic heterocycles. The maximum atomic E-state index is 12.0. The van der Waals surface area contributed by atoms with Gasteiger partial charge in [0.2, 0.25) is 0 Å². The molecule has 6 heteroatoms. The third kappa shape index (κ3) is 4.79. The average Bonchev–Trinajstić information content (AvgIpc) is 2.40. The summed E-state index contributed by atoms with van der Waals surface area (Å²) in [5.74, 6) is -0.229. The Kier molecular flexibility index (Phi) is 4.45. The molecule has 106 valence electrons. The highest BCUT2D eigenvalue weighted by atomic mass is 19.4. The van der Waals surface area contributed by atoms with Crippen LogP contribution in [0.1, 0.15) is 5.69 Å². The minimum Gasteiger partial charge on any atom is -0.406 e. The second-order valence-corrected chi connectivity index (χ2v) is 4.07. The molecule has 0 radical (unpaired) electrons. The van der Waals surface area contributed by atoms with E-state index in [1.807, 2.05) is 18.2 Å². The minimum atomic E-state index is -4.66. The molecule has 3 nitrogen and oxygen atoms in total. The number of nitrogens with one attached hydrogen (secondary N) is 1. The molecule has 0 aliphatic carbocycles. The van der Waals surface area contributed by atoms with Crippen LogP contribution >= 0.6 is 0 Å². The van der Waals surface area contributed by atoms with Crippen molar-refractivity contribution in [1.29, 1.82) is 0 Å². The molecule has 1 N–H and O–H groups in total. The van der Waals surface area contributed by atoms with Crippen LogP contribution < -0.4 is 10.1 Å². The first-order valence-corrected chi connectivity index (χ1v) is 6.02. The first-order valence-electron chi connectivity index (χ1n) is 6.02. The molecule has 1 heterocycles. The summed E-state index contributed by atoms with van der Waals surface area (Å²) in [6, 6.07) is 11.3. The van der Waals surface area contributed by atoms with E-state index in [0.29, 0.717) is 6.54 Å². The zero-order valence-corrected chi connectivity index (χ0v) is 10.5. The van der Waals surface area contributed by atoms with Gasteiger partial charge in [-0.25, -0.2) is 0 Å². The molecule has 0 atom stereocenters. The lowest BCUT2D eigenvalue weighted by atomic mass is 10.2. The van der Waals surface area contributed by atoms with E-state index in [1.165, 1.54) is 12.1 Å². The fraction of sp³-hybridized carbons (Fsp3) is 0.214. The molecule has 0 unspecified atom stereocenters. The van der Waals surface area contributed by atoms with Gasteiger partial charge in [-0.3, -0.25) is 4.98 Å². The van der Waals surface area contributed by atoms with Crippen LogP contribution in [0.2, 0.25) is 0 Å². The zero-order chi connectivity index (χ0) is 14.4. The number of alkyl halides is 3. The Morgan fingerprint density at radius 3 is 2.40 bits per heavy atom. The summed E-state index contributed by atoms with van der Waals surface area (Å²) in [5.41, 5.74) is 1.69. The molecule has 2 aromatic rings. The van der Waals surface area contributed by atoms with Crippen molar-refractivity contribution in [3.8, 4) is 5.75 Å². The van der Waals surface area contributed by atoms with Crippen molar-refractivity contribution in [1.82, 2.24) is 4.98 Å². The summed E-state index contributed by atoms with van der Waals surface area (Å²) < 4.78 is 39.8. The van der Waals surface area contributed by atoms with Gasteiger partial charge < -0.3 is 10.1 Å². The lowest BCUT2D eigenvalue weighted by molar-refractivity contribution is -0.274. The van der Waals surface area contributed by atoms with Gasteiger partial charge in [0, 0.05) is 30.5 Å². The van der Waals surface area contributed by atoms with Crippen LogP contribution in [0.15, 0.2) is 48.7 Å². The highest BCUT2D eigenvalue weighted by molar-refractivity contribution is 5.46. The molecular weight excluding hydrogens is 269 g/mol. The van der Waals surface area contributed by atoms with Crippen molar-refractivity contribution in [3.63, 3.8) is 0 Å². The van der Waals surface area contributed by atoms with E-state index in [9.17, 15) is 13.2 Å². The number of rotatable bonds is 5. The summed E-state index contributed by atoms with van der Waals surface area (Å²) >= 11 is 0. The van der Waals surface area contributed by atoms with Crippen LogP contribution in [0, 0.1) is 0 Å². The Bertz CT molecular complexity index is 526. The van der Waals surface area contributed by atoms with E-state index in [0.717, 1.165) is 17.8 Å². The number of nitrogens with zero attached hydrogens (tertiary/aromatic N) is 1. The Balaban J connectivity index is 1.82. The van der Waals surface area contributed by atoms with Gasteiger partial charge in [-0.15, -0.1) is 13.2 Å². The van der Waals surface area contributed by atoms with Crippen LogP contribution in [-0.2, 0) is 6.42 Å². The lowest BCUT2D eigenvalue weighted by Crippen LogP contribution is -2.17. The number of aromatic nitrogens is 1. The van der Waals surface area contributed by atoms with Gasteiger partial charge in [-0.1, -0.05) is 6.07 Å². The Morgan fingerprint density at radius 2 is 1.80 bits per heavy atom. The Labute approximate surface area is 114 Å². The van der Waals surface area contributed by atoms with Crippen LogP contribution in [0.3, 0.4) is 0 Å². The molecule has 0 aliphatic rings. The predicted octanol–water partition coefficient (Wildman–Crippen LogP) is 3.63. The third-order valence-corrected chi connectivity index (χ3v) is 2.52. The highest BCUT2D eigenvalue weighted by Gasteiger charge is 2.30. The van der Waals surface area contributed by atoms with Crippen molar-refractivity contribution in [2.45, 2.75) is 12.8 Å². The average molecular weight is 282 g/mol. The molecule has 0 amide bonds. The molecule has 0 saturated heterocycles. The topological polar surface area (TPSA) is 34.1 Å². The van der Waals surface area contributed by atoms with Gasteiger partial charge in [-0.05, 0) is 36.4 Å². The SMILES string of the molecule is FC(F)(F)Oc1ccc(NCCc2ccccn2)cc1. The lowest BCUT2D eigenvalue weighted by Gasteiger charge is -2.10. The Hall–Kier alpha value is -2.24. The second kappa shape index (κ2) is 6.27. The van der Waals surface area contributed by atoms with E-state index in [4.69, 9.17) is 0 Å². The first kappa shape index (κ1) is 14.2. The minimum absolute atomic E-state index is 0.229. The van der Waals surface area contributed by atoms with Gasteiger partial charge in [-0.2, -0.15) is 0 Å². The fourth-order valence-electron chi connectivity index (χ4n) is 1.66. The number of hydrogen-bond donors (Lipinski definition) is 1. The summed E-state index contributed by atoms with van der Waals surface area (Å²) in [6.07, 6.45) is -2.20.